The Morgan fingerprint density at radius 1 is 1.35 bits per heavy atom. The van der Waals surface area contributed by atoms with Crippen molar-refractivity contribution in [3.05, 3.63) is 42.0 Å². The first-order chi connectivity index (χ1) is 14.6. The molecule has 1 aliphatic heterocycles. The smallest absolute Gasteiger partial charge is 0.207 e. The van der Waals surface area contributed by atoms with Crippen LogP contribution in [0.15, 0.2) is 30.6 Å². The van der Waals surface area contributed by atoms with Crippen LogP contribution in [0.4, 0.5) is 16.0 Å². The fourth-order valence-electron chi connectivity index (χ4n) is 3.64. The van der Waals surface area contributed by atoms with E-state index in [9.17, 15) is 14.3 Å². The first kappa shape index (κ1) is 22.9. The number of anilines is 2. The fourth-order valence-corrected chi connectivity index (χ4v) is 3.64. The highest BCUT2D eigenvalue weighted by molar-refractivity contribution is 5.76. The molecule has 1 aromatic heterocycles. The van der Waals surface area contributed by atoms with Crippen molar-refractivity contribution >= 4 is 17.4 Å². The van der Waals surface area contributed by atoms with Crippen molar-refractivity contribution in [2.45, 2.75) is 58.2 Å². The monoisotopic (exact) mass is 430 g/mol. The summed E-state index contributed by atoms with van der Waals surface area (Å²) in [7, 11) is 0. The normalized spacial score (nSPS) is 17.5. The molecule has 3 rings (SSSR count). The minimum atomic E-state index is -0.983. The molecule has 2 atom stereocenters. The van der Waals surface area contributed by atoms with Crippen LogP contribution in [-0.2, 0) is 4.79 Å². The van der Waals surface area contributed by atoms with E-state index >= 15 is 0 Å². The van der Waals surface area contributed by atoms with Crippen LogP contribution in [0, 0.1) is 5.82 Å². The van der Waals surface area contributed by atoms with Crippen LogP contribution in [0.1, 0.15) is 52.0 Å². The average Bonchev–Trinajstić information content (AvgIpc) is 3.14. The lowest BCUT2D eigenvalue weighted by atomic mass is 9.96. The number of nitrogens with zero attached hydrogens (tertiary/aromatic N) is 3. The standard InChI is InChI=1S/C23H31FN4O3/c1-15(11-16(2)29)17-5-7-18(8-6-17)31-19-9-10-28(12-19)22-20(24)21(26-14-27-22)25-13-23(3,4)30/h5-8,14-15,19,30H,9-13H2,1-4H3,(H,25,26,27)/t15-,19-/m1/s1. The highest BCUT2D eigenvalue weighted by atomic mass is 19.1. The first-order valence-corrected chi connectivity index (χ1v) is 10.6. The van der Waals surface area contributed by atoms with Crippen molar-refractivity contribution in [3.8, 4) is 5.75 Å². The highest BCUT2D eigenvalue weighted by Crippen LogP contribution is 2.28. The number of hydrogen-bond donors (Lipinski definition) is 2. The molecule has 0 aliphatic carbocycles. The molecule has 1 aliphatic rings. The number of rotatable bonds is 9. The summed E-state index contributed by atoms with van der Waals surface area (Å²) in [4.78, 5) is 21.2. The van der Waals surface area contributed by atoms with Crippen LogP contribution in [-0.4, -0.2) is 52.2 Å². The van der Waals surface area contributed by atoms with Gasteiger partial charge in [0.05, 0.1) is 12.1 Å². The summed E-state index contributed by atoms with van der Waals surface area (Å²) in [5, 5.41) is 12.7. The zero-order chi connectivity index (χ0) is 22.6. The summed E-state index contributed by atoms with van der Waals surface area (Å²) >= 11 is 0. The Labute approximate surface area is 182 Å². The van der Waals surface area contributed by atoms with Crippen LogP contribution in [0.25, 0.3) is 0 Å². The van der Waals surface area contributed by atoms with Gasteiger partial charge in [0.2, 0.25) is 5.82 Å². The lowest BCUT2D eigenvalue weighted by Crippen LogP contribution is -2.30. The number of benzene rings is 1. The number of halogens is 1. The Kier molecular flexibility index (Phi) is 7.10. The lowest BCUT2D eigenvalue weighted by molar-refractivity contribution is -0.117. The van der Waals surface area contributed by atoms with Gasteiger partial charge in [-0.25, -0.2) is 9.97 Å². The molecule has 7 nitrogen and oxygen atoms in total. The zero-order valence-electron chi connectivity index (χ0n) is 18.6. The summed E-state index contributed by atoms with van der Waals surface area (Å²) in [5.41, 5.74) is 0.119. The number of ether oxygens (including phenoxy) is 1. The van der Waals surface area contributed by atoms with E-state index in [4.69, 9.17) is 4.74 Å². The van der Waals surface area contributed by atoms with E-state index in [2.05, 4.69) is 15.3 Å². The third-order valence-electron chi connectivity index (χ3n) is 5.25. The van der Waals surface area contributed by atoms with Gasteiger partial charge in [-0.05, 0) is 44.4 Å². The molecule has 0 saturated carbocycles. The average molecular weight is 431 g/mol. The molecule has 0 spiro atoms. The molecule has 1 saturated heterocycles. The van der Waals surface area contributed by atoms with Crippen LogP contribution in [0.2, 0.25) is 0 Å². The summed E-state index contributed by atoms with van der Waals surface area (Å²) in [6.07, 6.45) is 2.51. The van der Waals surface area contributed by atoms with Gasteiger partial charge in [-0.2, -0.15) is 4.39 Å². The molecular weight excluding hydrogens is 399 g/mol. The third kappa shape index (κ3) is 6.37. The van der Waals surface area contributed by atoms with Crippen molar-refractivity contribution < 1.29 is 19.0 Å². The molecule has 2 N–H and O–H groups in total. The minimum absolute atomic E-state index is 0.0757. The number of ketones is 1. The van der Waals surface area contributed by atoms with Gasteiger partial charge in [0.25, 0.3) is 0 Å². The van der Waals surface area contributed by atoms with E-state index in [1.54, 1.807) is 20.8 Å². The van der Waals surface area contributed by atoms with Gasteiger partial charge in [-0.3, -0.25) is 0 Å². The molecule has 0 bridgehead atoms. The predicted octanol–water partition coefficient (Wildman–Crippen LogP) is 3.54. The second kappa shape index (κ2) is 9.60. The van der Waals surface area contributed by atoms with Gasteiger partial charge in [0.1, 0.15) is 24.0 Å². The molecule has 8 heteroatoms. The van der Waals surface area contributed by atoms with Crippen molar-refractivity contribution in [2.24, 2.45) is 0 Å². The summed E-state index contributed by atoms with van der Waals surface area (Å²) in [5.74, 6) is 0.875. The maximum atomic E-state index is 14.9. The summed E-state index contributed by atoms with van der Waals surface area (Å²) in [6.45, 7) is 8.23. The molecule has 2 aromatic rings. The van der Waals surface area contributed by atoms with Gasteiger partial charge >= 0.3 is 0 Å². The molecular formula is C23H31FN4O3. The number of aliphatic hydroxyl groups is 1. The summed E-state index contributed by atoms with van der Waals surface area (Å²) < 4.78 is 21.0. The van der Waals surface area contributed by atoms with Crippen LogP contribution in [0.3, 0.4) is 0 Å². The van der Waals surface area contributed by atoms with Crippen molar-refractivity contribution in [2.75, 3.05) is 29.9 Å². The SMILES string of the molecule is CC(=O)C[C@@H](C)c1ccc(O[C@@H]2CCN(c3ncnc(NCC(C)(C)O)c3F)C2)cc1. The summed E-state index contributed by atoms with van der Waals surface area (Å²) in [6, 6.07) is 7.80. The predicted molar refractivity (Wildman–Crippen MR) is 118 cm³/mol. The molecule has 1 fully saturated rings. The lowest BCUT2D eigenvalue weighted by Gasteiger charge is -2.21. The number of nitrogens with one attached hydrogen (secondary N) is 1. The molecule has 0 amide bonds. The Morgan fingerprint density at radius 3 is 2.71 bits per heavy atom. The number of aromatic nitrogens is 2. The van der Waals surface area contributed by atoms with E-state index < -0.39 is 11.4 Å². The van der Waals surface area contributed by atoms with E-state index in [0.29, 0.717) is 19.5 Å². The molecule has 31 heavy (non-hydrogen) atoms. The Bertz CT molecular complexity index is 899. The van der Waals surface area contributed by atoms with Crippen LogP contribution in [0.5, 0.6) is 5.75 Å². The van der Waals surface area contributed by atoms with E-state index in [0.717, 1.165) is 17.7 Å². The Balaban J connectivity index is 1.60. The fraction of sp³-hybridized carbons (Fsp3) is 0.522. The van der Waals surface area contributed by atoms with Crippen molar-refractivity contribution in [3.63, 3.8) is 0 Å². The number of carbonyl (C=O) groups is 1. The van der Waals surface area contributed by atoms with E-state index in [-0.39, 0.29) is 36.0 Å². The van der Waals surface area contributed by atoms with Gasteiger partial charge in [0, 0.05) is 25.9 Å². The first-order valence-electron chi connectivity index (χ1n) is 10.6. The van der Waals surface area contributed by atoms with Gasteiger partial charge in [-0.15, -0.1) is 0 Å². The second-order valence-electron chi connectivity index (χ2n) is 8.88. The van der Waals surface area contributed by atoms with Gasteiger partial charge in [-0.1, -0.05) is 19.1 Å². The molecule has 2 heterocycles. The van der Waals surface area contributed by atoms with Gasteiger partial charge in [0.15, 0.2) is 11.6 Å². The topological polar surface area (TPSA) is 87.6 Å². The zero-order valence-corrected chi connectivity index (χ0v) is 18.6. The van der Waals surface area contributed by atoms with E-state index in [1.807, 2.05) is 36.1 Å². The number of Topliss-reactive ketones (excluding diaryl/α,β-unsaturated/α-hetero) is 1. The highest BCUT2D eigenvalue weighted by Gasteiger charge is 2.28. The van der Waals surface area contributed by atoms with Crippen LogP contribution >= 0.6 is 0 Å². The largest absolute Gasteiger partial charge is 0.489 e. The van der Waals surface area contributed by atoms with Crippen LogP contribution < -0.4 is 15.0 Å². The minimum Gasteiger partial charge on any atom is -0.489 e. The molecule has 1 aromatic carbocycles. The number of carbonyl (C=O) groups excluding carboxylic acids is 1. The quantitative estimate of drug-likeness (QED) is 0.629. The van der Waals surface area contributed by atoms with Crippen molar-refractivity contribution in [1.82, 2.24) is 9.97 Å². The molecule has 0 radical (unpaired) electrons. The van der Waals surface area contributed by atoms with E-state index in [1.165, 1.54) is 6.33 Å². The molecule has 168 valence electrons. The maximum Gasteiger partial charge on any atom is 0.207 e. The third-order valence-corrected chi connectivity index (χ3v) is 5.25. The Hall–Kier alpha value is -2.74. The second-order valence-corrected chi connectivity index (χ2v) is 8.88. The van der Waals surface area contributed by atoms with Gasteiger partial charge < -0.3 is 24.9 Å². The van der Waals surface area contributed by atoms with Crippen molar-refractivity contribution in [1.29, 1.82) is 0 Å². The number of hydrogen-bond acceptors (Lipinski definition) is 7. The Morgan fingerprint density at radius 2 is 2.06 bits per heavy atom. The molecule has 0 unspecified atom stereocenters. The maximum absolute atomic E-state index is 14.9.